The molecule has 0 radical (unpaired) electrons. The van der Waals surface area contributed by atoms with Gasteiger partial charge in [-0.1, -0.05) is 12.1 Å². The van der Waals surface area contributed by atoms with E-state index in [1.807, 2.05) is 24.3 Å². The van der Waals surface area contributed by atoms with Crippen LogP contribution in [0.1, 0.15) is 17.5 Å². The maximum Gasteiger partial charge on any atom is 0.416 e. The van der Waals surface area contributed by atoms with E-state index in [1.54, 1.807) is 16.7 Å². The number of hydrogen-bond donors (Lipinski definition) is 0. The van der Waals surface area contributed by atoms with E-state index in [9.17, 15) is 23.3 Å². The Kier molecular flexibility index (Phi) is 6.92. The minimum absolute atomic E-state index is 0.229. The molecule has 2 aliphatic heterocycles. The summed E-state index contributed by atoms with van der Waals surface area (Å²) in [5, 5.41) is 10.9. The van der Waals surface area contributed by atoms with E-state index in [0.717, 1.165) is 49.6 Å². The Bertz CT molecular complexity index is 1220. The summed E-state index contributed by atoms with van der Waals surface area (Å²) in [5.41, 5.74) is 1.31. The standard InChI is InChI=1S/C25H26F3N5O4/c26-25(27,28)19-3-1-18(2-4-19)15-30-11-13-31(14-12-30)20-5-7-21(8-6-20)36-17-22-9-10-32-16-23(33(34)35)29-24(32)37-22/h1-8,16,22H,9-15,17H2/t22-/m1/s1. The van der Waals surface area contributed by atoms with Gasteiger partial charge in [0.15, 0.2) is 0 Å². The van der Waals surface area contributed by atoms with Gasteiger partial charge in [0.25, 0.3) is 0 Å². The smallest absolute Gasteiger partial charge is 0.416 e. The first-order valence-electron chi connectivity index (χ1n) is 12.0. The predicted octanol–water partition coefficient (Wildman–Crippen LogP) is 4.36. The van der Waals surface area contributed by atoms with Crippen molar-refractivity contribution >= 4 is 11.5 Å². The molecule has 9 nitrogen and oxygen atoms in total. The van der Waals surface area contributed by atoms with E-state index in [-0.39, 0.29) is 17.9 Å². The van der Waals surface area contributed by atoms with Crippen molar-refractivity contribution in [3.05, 3.63) is 76.0 Å². The lowest BCUT2D eigenvalue weighted by atomic mass is 10.1. The van der Waals surface area contributed by atoms with Crippen molar-refractivity contribution < 1.29 is 27.6 Å². The fraction of sp³-hybridized carbons (Fsp3) is 0.400. The summed E-state index contributed by atoms with van der Waals surface area (Å²) in [4.78, 5) is 18.8. The highest BCUT2D eigenvalue weighted by molar-refractivity contribution is 5.49. The van der Waals surface area contributed by atoms with Crippen LogP contribution < -0.4 is 14.4 Å². The van der Waals surface area contributed by atoms with Crippen molar-refractivity contribution in [1.29, 1.82) is 0 Å². The zero-order chi connectivity index (χ0) is 26.0. The van der Waals surface area contributed by atoms with E-state index in [0.29, 0.717) is 31.9 Å². The lowest BCUT2D eigenvalue weighted by molar-refractivity contribution is -0.389. The third-order valence-corrected chi connectivity index (χ3v) is 6.58. The molecule has 2 aromatic carbocycles. The summed E-state index contributed by atoms with van der Waals surface area (Å²) in [6, 6.07) is 13.4. The van der Waals surface area contributed by atoms with Gasteiger partial charge in [-0.15, -0.1) is 0 Å². The SMILES string of the molecule is O=[N+]([O-])c1cn2c(n1)O[C@@H](COc1ccc(N3CCN(Cc4ccc(C(F)(F)F)cc4)CC3)cc1)CC2. The summed E-state index contributed by atoms with van der Waals surface area (Å²) >= 11 is 0. The number of piperazine rings is 1. The fourth-order valence-electron chi connectivity index (χ4n) is 4.50. The average molecular weight is 518 g/mol. The molecule has 0 spiro atoms. The molecule has 2 aliphatic rings. The van der Waals surface area contributed by atoms with Crippen molar-refractivity contribution in [1.82, 2.24) is 14.5 Å². The Labute approximate surface area is 211 Å². The van der Waals surface area contributed by atoms with Crippen molar-refractivity contribution in [3.63, 3.8) is 0 Å². The summed E-state index contributed by atoms with van der Waals surface area (Å²) < 4.78 is 51.5. The van der Waals surface area contributed by atoms with Gasteiger partial charge in [-0.05, 0) is 46.9 Å². The number of alkyl halides is 3. The van der Waals surface area contributed by atoms with E-state index in [4.69, 9.17) is 9.47 Å². The number of aryl methyl sites for hydroxylation is 1. The molecule has 0 unspecified atom stereocenters. The highest BCUT2D eigenvalue weighted by Gasteiger charge is 2.30. The number of halogens is 3. The van der Waals surface area contributed by atoms with Gasteiger partial charge in [-0.3, -0.25) is 9.47 Å². The summed E-state index contributed by atoms with van der Waals surface area (Å²) in [6.07, 6.45) is -2.52. The number of hydrogen-bond acceptors (Lipinski definition) is 7. The average Bonchev–Trinajstić information content (AvgIpc) is 3.32. The molecule has 3 aromatic rings. The molecule has 0 aliphatic carbocycles. The normalized spacial score (nSPS) is 18.2. The van der Waals surface area contributed by atoms with Crippen LogP contribution in [0.15, 0.2) is 54.7 Å². The molecule has 0 amide bonds. The molecule has 5 rings (SSSR count). The van der Waals surface area contributed by atoms with Gasteiger partial charge in [0.2, 0.25) is 0 Å². The number of imidazole rings is 1. The molecule has 1 fully saturated rings. The van der Waals surface area contributed by atoms with Crippen LogP contribution in [0.5, 0.6) is 11.8 Å². The summed E-state index contributed by atoms with van der Waals surface area (Å²) in [5.74, 6) is 0.473. The van der Waals surface area contributed by atoms with Gasteiger partial charge in [0.1, 0.15) is 24.7 Å². The van der Waals surface area contributed by atoms with Crippen LogP contribution in [-0.2, 0) is 19.3 Å². The van der Waals surface area contributed by atoms with Crippen LogP contribution in [0.3, 0.4) is 0 Å². The molecule has 37 heavy (non-hydrogen) atoms. The summed E-state index contributed by atoms with van der Waals surface area (Å²) in [6.45, 7) is 4.76. The lowest BCUT2D eigenvalue weighted by Crippen LogP contribution is -2.45. The quantitative estimate of drug-likeness (QED) is 0.340. The molecule has 1 saturated heterocycles. The Morgan fingerprint density at radius 1 is 1.03 bits per heavy atom. The number of nitrogens with zero attached hydrogens (tertiary/aromatic N) is 5. The second-order valence-corrected chi connectivity index (χ2v) is 9.12. The number of anilines is 1. The lowest BCUT2D eigenvalue weighted by Gasteiger charge is -2.36. The number of rotatable bonds is 7. The Morgan fingerprint density at radius 3 is 2.38 bits per heavy atom. The molecule has 1 atom stereocenters. The largest absolute Gasteiger partial charge is 0.490 e. The fourth-order valence-corrected chi connectivity index (χ4v) is 4.50. The molecule has 1 aromatic heterocycles. The predicted molar refractivity (Wildman–Crippen MR) is 129 cm³/mol. The van der Waals surface area contributed by atoms with Gasteiger partial charge >= 0.3 is 18.0 Å². The van der Waals surface area contributed by atoms with Crippen LogP contribution in [0, 0.1) is 10.1 Å². The highest BCUT2D eigenvalue weighted by Crippen LogP contribution is 2.29. The topological polar surface area (TPSA) is 85.9 Å². The van der Waals surface area contributed by atoms with Gasteiger partial charge in [0, 0.05) is 56.4 Å². The third-order valence-electron chi connectivity index (χ3n) is 6.58. The van der Waals surface area contributed by atoms with Crippen LogP contribution >= 0.6 is 0 Å². The minimum atomic E-state index is -4.32. The Hall–Kier alpha value is -3.80. The summed E-state index contributed by atoms with van der Waals surface area (Å²) in [7, 11) is 0. The van der Waals surface area contributed by atoms with Gasteiger partial charge in [0.05, 0.1) is 5.56 Å². The zero-order valence-corrected chi connectivity index (χ0v) is 19.9. The molecule has 0 bridgehead atoms. The second-order valence-electron chi connectivity index (χ2n) is 9.12. The maximum atomic E-state index is 12.8. The van der Waals surface area contributed by atoms with Crippen molar-refractivity contribution in [2.45, 2.75) is 31.8 Å². The zero-order valence-electron chi connectivity index (χ0n) is 19.9. The molecular weight excluding hydrogens is 491 g/mol. The second kappa shape index (κ2) is 10.3. The van der Waals surface area contributed by atoms with Gasteiger partial charge in [-0.25, -0.2) is 0 Å². The van der Waals surface area contributed by atoms with Crippen molar-refractivity contribution in [2.75, 3.05) is 37.7 Å². The Balaban J connectivity index is 1.07. The molecule has 196 valence electrons. The number of nitro groups is 1. The monoisotopic (exact) mass is 517 g/mol. The third kappa shape index (κ3) is 5.96. The van der Waals surface area contributed by atoms with E-state index in [1.165, 1.54) is 6.20 Å². The number of fused-ring (bicyclic) bond motifs is 1. The minimum Gasteiger partial charge on any atom is -0.490 e. The molecule has 3 heterocycles. The first-order valence-corrected chi connectivity index (χ1v) is 12.0. The number of aromatic nitrogens is 2. The molecular formula is C25H26F3N5O4. The molecule has 0 N–H and O–H groups in total. The van der Waals surface area contributed by atoms with Crippen LogP contribution in [-0.4, -0.2) is 58.3 Å². The number of ether oxygens (including phenoxy) is 2. The van der Waals surface area contributed by atoms with E-state index in [2.05, 4.69) is 14.8 Å². The Morgan fingerprint density at radius 2 is 1.73 bits per heavy atom. The first-order chi connectivity index (χ1) is 17.7. The van der Waals surface area contributed by atoms with Crippen molar-refractivity contribution in [3.8, 4) is 11.8 Å². The van der Waals surface area contributed by atoms with Gasteiger partial charge < -0.3 is 24.5 Å². The van der Waals surface area contributed by atoms with Gasteiger partial charge in [-0.2, -0.15) is 13.2 Å². The van der Waals surface area contributed by atoms with Crippen LogP contribution in [0.4, 0.5) is 24.7 Å². The first kappa shape index (κ1) is 24.9. The van der Waals surface area contributed by atoms with Crippen LogP contribution in [0.2, 0.25) is 0 Å². The maximum absolute atomic E-state index is 12.8. The van der Waals surface area contributed by atoms with Crippen molar-refractivity contribution in [2.24, 2.45) is 0 Å². The van der Waals surface area contributed by atoms with Crippen LogP contribution in [0.25, 0.3) is 0 Å². The molecule has 0 saturated carbocycles. The van der Waals surface area contributed by atoms with E-state index >= 15 is 0 Å². The molecule has 12 heteroatoms. The highest BCUT2D eigenvalue weighted by atomic mass is 19.4. The van der Waals surface area contributed by atoms with E-state index < -0.39 is 16.7 Å². The number of benzene rings is 2.